The van der Waals surface area contributed by atoms with E-state index in [9.17, 15) is 4.79 Å². The van der Waals surface area contributed by atoms with Gasteiger partial charge in [-0.3, -0.25) is 10.1 Å². The molecule has 0 atom stereocenters. The Labute approximate surface area is 66.1 Å². The van der Waals surface area contributed by atoms with Crippen LogP contribution in [0.15, 0.2) is 0 Å². The van der Waals surface area contributed by atoms with Gasteiger partial charge < -0.3 is 4.74 Å². The monoisotopic (exact) mass is 155 g/mol. The normalized spacial score (nSPS) is 41.0. The summed E-state index contributed by atoms with van der Waals surface area (Å²) in [6.07, 6.45) is 4.19. The number of fused-ring (bicyclic) bond motifs is 2. The molecule has 0 saturated carbocycles. The van der Waals surface area contributed by atoms with Crippen LogP contribution in [-0.4, -0.2) is 24.7 Å². The lowest BCUT2D eigenvalue weighted by atomic mass is 9.88. The van der Waals surface area contributed by atoms with Gasteiger partial charge in [-0.05, 0) is 25.7 Å². The van der Waals surface area contributed by atoms with Crippen molar-refractivity contribution < 1.29 is 9.53 Å². The molecule has 3 heteroatoms. The number of ether oxygens (including phenoxy) is 1. The SMILES string of the molecule is COC(=O)[C@]12CC[C@@H](CC1)N2. The van der Waals surface area contributed by atoms with Crippen molar-refractivity contribution in [2.45, 2.75) is 37.3 Å². The topological polar surface area (TPSA) is 38.3 Å². The standard InChI is InChI=1S/C8H13NO2/c1-11-7(10)8-4-2-6(9-8)3-5-8/h6,9H,2-5H2,1H3/t6-,8-. The van der Waals surface area contributed by atoms with Gasteiger partial charge in [0.25, 0.3) is 0 Å². The first kappa shape index (κ1) is 7.10. The number of carbonyl (C=O) groups excluding carboxylic acids is 1. The first-order chi connectivity index (χ1) is 5.27. The Balaban J connectivity index is 2.16. The van der Waals surface area contributed by atoms with E-state index in [1.165, 1.54) is 7.11 Å². The third kappa shape index (κ3) is 0.872. The molecule has 0 radical (unpaired) electrons. The van der Waals surface area contributed by atoms with E-state index < -0.39 is 0 Å². The molecule has 2 heterocycles. The zero-order valence-electron chi connectivity index (χ0n) is 6.72. The molecule has 0 aromatic carbocycles. The van der Waals surface area contributed by atoms with E-state index in [0.717, 1.165) is 25.7 Å². The van der Waals surface area contributed by atoms with Crippen molar-refractivity contribution in [3.63, 3.8) is 0 Å². The molecule has 2 aliphatic heterocycles. The fourth-order valence-electron chi connectivity index (χ4n) is 2.25. The second kappa shape index (κ2) is 2.21. The molecule has 2 bridgehead atoms. The van der Waals surface area contributed by atoms with Gasteiger partial charge >= 0.3 is 5.97 Å². The van der Waals surface area contributed by atoms with Crippen LogP contribution >= 0.6 is 0 Å². The Morgan fingerprint density at radius 1 is 1.55 bits per heavy atom. The maximum atomic E-state index is 11.3. The smallest absolute Gasteiger partial charge is 0.326 e. The zero-order chi connectivity index (χ0) is 7.90. The molecule has 0 aromatic rings. The van der Waals surface area contributed by atoms with Crippen LogP contribution in [0.4, 0.5) is 0 Å². The minimum Gasteiger partial charge on any atom is -0.468 e. The number of hydrogen-bond donors (Lipinski definition) is 1. The summed E-state index contributed by atoms with van der Waals surface area (Å²) in [7, 11) is 1.46. The molecule has 11 heavy (non-hydrogen) atoms. The average Bonchev–Trinajstić information content (AvgIpc) is 2.62. The second-order valence-corrected chi connectivity index (χ2v) is 3.49. The minimum atomic E-state index is -0.292. The molecule has 2 fully saturated rings. The fraction of sp³-hybridized carbons (Fsp3) is 0.875. The van der Waals surface area contributed by atoms with Crippen LogP contribution in [0.5, 0.6) is 0 Å². The number of nitrogens with one attached hydrogen (secondary N) is 1. The van der Waals surface area contributed by atoms with Crippen molar-refractivity contribution in [2.75, 3.05) is 7.11 Å². The molecule has 0 spiro atoms. The van der Waals surface area contributed by atoms with Crippen LogP contribution < -0.4 is 5.32 Å². The van der Waals surface area contributed by atoms with Gasteiger partial charge in [0.15, 0.2) is 0 Å². The van der Waals surface area contributed by atoms with Gasteiger partial charge in [0.2, 0.25) is 0 Å². The highest BCUT2D eigenvalue weighted by molar-refractivity contribution is 5.81. The van der Waals surface area contributed by atoms with E-state index in [1.54, 1.807) is 0 Å². The highest BCUT2D eigenvalue weighted by Crippen LogP contribution is 2.38. The quantitative estimate of drug-likeness (QED) is 0.558. The predicted octanol–water partition coefficient (Wildman–Crippen LogP) is 0.444. The average molecular weight is 155 g/mol. The Morgan fingerprint density at radius 3 is 2.55 bits per heavy atom. The van der Waals surface area contributed by atoms with Gasteiger partial charge in [-0.25, -0.2) is 0 Å². The predicted molar refractivity (Wildman–Crippen MR) is 40.1 cm³/mol. The minimum absolute atomic E-state index is 0.0718. The van der Waals surface area contributed by atoms with Crippen LogP contribution in [0, 0.1) is 0 Å². The van der Waals surface area contributed by atoms with Crippen molar-refractivity contribution >= 4 is 5.97 Å². The summed E-state index contributed by atoms with van der Waals surface area (Å²) in [4.78, 5) is 11.3. The van der Waals surface area contributed by atoms with Crippen LogP contribution in [-0.2, 0) is 9.53 Å². The maximum absolute atomic E-state index is 11.3. The molecule has 1 N–H and O–H groups in total. The van der Waals surface area contributed by atoms with Gasteiger partial charge in [0.1, 0.15) is 5.54 Å². The van der Waals surface area contributed by atoms with Gasteiger partial charge in [-0.2, -0.15) is 0 Å². The van der Waals surface area contributed by atoms with Gasteiger partial charge in [-0.1, -0.05) is 0 Å². The lowest BCUT2D eigenvalue weighted by molar-refractivity contribution is -0.147. The van der Waals surface area contributed by atoms with Crippen molar-refractivity contribution in [3.8, 4) is 0 Å². The molecule has 2 aliphatic rings. The molecule has 0 amide bonds. The molecule has 2 rings (SSSR count). The van der Waals surface area contributed by atoms with Crippen LogP contribution in [0.25, 0.3) is 0 Å². The summed E-state index contributed by atoms with van der Waals surface area (Å²) in [6.45, 7) is 0. The Hall–Kier alpha value is -0.570. The van der Waals surface area contributed by atoms with E-state index in [4.69, 9.17) is 4.74 Å². The summed E-state index contributed by atoms with van der Waals surface area (Å²) in [6, 6.07) is 0.578. The summed E-state index contributed by atoms with van der Waals surface area (Å²) >= 11 is 0. The number of hydrogen-bond acceptors (Lipinski definition) is 3. The van der Waals surface area contributed by atoms with E-state index in [0.29, 0.717) is 6.04 Å². The second-order valence-electron chi connectivity index (χ2n) is 3.49. The van der Waals surface area contributed by atoms with Crippen LogP contribution in [0.2, 0.25) is 0 Å². The third-order valence-electron chi connectivity index (χ3n) is 2.90. The number of esters is 1. The van der Waals surface area contributed by atoms with Gasteiger partial charge in [-0.15, -0.1) is 0 Å². The summed E-state index contributed by atoms with van der Waals surface area (Å²) in [5, 5.41) is 3.32. The number of carbonyl (C=O) groups is 1. The lowest BCUT2D eigenvalue weighted by Gasteiger charge is -2.21. The molecule has 0 aromatic heterocycles. The van der Waals surface area contributed by atoms with Crippen molar-refractivity contribution in [3.05, 3.63) is 0 Å². The molecular formula is C8H13NO2. The van der Waals surface area contributed by atoms with Crippen molar-refractivity contribution in [2.24, 2.45) is 0 Å². The fourth-order valence-corrected chi connectivity index (χ4v) is 2.25. The molecular weight excluding hydrogens is 142 g/mol. The highest BCUT2D eigenvalue weighted by atomic mass is 16.5. The maximum Gasteiger partial charge on any atom is 0.326 e. The summed E-state index contributed by atoms with van der Waals surface area (Å²) in [5.74, 6) is -0.0718. The first-order valence-electron chi connectivity index (χ1n) is 4.13. The van der Waals surface area contributed by atoms with E-state index in [-0.39, 0.29) is 11.5 Å². The van der Waals surface area contributed by atoms with E-state index in [1.807, 2.05) is 0 Å². The van der Waals surface area contributed by atoms with Crippen LogP contribution in [0.1, 0.15) is 25.7 Å². The molecule has 62 valence electrons. The van der Waals surface area contributed by atoms with E-state index >= 15 is 0 Å². The molecule has 0 aliphatic carbocycles. The molecule has 0 unspecified atom stereocenters. The highest BCUT2D eigenvalue weighted by Gasteiger charge is 2.50. The van der Waals surface area contributed by atoms with E-state index in [2.05, 4.69) is 5.32 Å². The van der Waals surface area contributed by atoms with Crippen molar-refractivity contribution in [1.82, 2.24) is 5.32 Å². The number of rotatable bonds is 1. The Bertz CT molecular complexity index is 183. The largest absolute Gasteiger partial charge is 0.468 e. The first-order valence-corrected chi connectivity index (χ1v) is 4.13. The third-order valence-corrected chi connectivity index (χ3v) is 2.90. The zero-order valence-corrected chi connectivity index (χ0v) is 6.72. The number of methoxy groups -OCH3 is 1. The Kier molecular flexibility index (Phi) is 1.42. The molecule has 2 saturated heterocycles. The van der Waals surface area contributed by atoms with Gasteiger partial charge in [0, 0.05) is 6.04 Å². The molecule has 3 nitrogen and oxygen atoms in total. The lowest BCUT2D eigenvalue weighted by Crippen LogP contribution is -2.45. The Morgan fingerprint density at radius 2 is 2.18 bits per heavy atom. The summed E-state index contributed by atoms with van der Waals surface area (Å²) in [5.41, 5.74) is -0.292. The van der Waals surface area contributed by atoms with Crippen LogP contribution in [0.3, 0.4) is 0 Å². The van der Waals surface area contributed by atoms with Crippen molar-refractivity contribution in [1.29, 1.82) is 0 Å². The van der Waals surface area contributed by atoms with Gasteiger partial charge in [0.05, 0.1) is 7.11 Å². The summed E-state index contributed by atoms with van der Waals surface area (Å²) < 4.78 is 4.75.